The number of nitrogens with zero attached hydrogens (tertiary/aromatic N) is 1. The number of Topliss-reactive ketones (excluding diaryl/α,β-unsaturated/α-hetero) is 1. The van der Waals surface area contributed by atoms with E-state index in [0.29, 0.717) is 27.6 Å². The van der Waals surface area contributed by atoms with Gasteiger partial charge in [-0.05, 0) is 46.7 Å². The molecule has 1 heterocycles. The van der Waals surface area contributed by atoms with Crippen molar-refractivity contribution in [3.8, 4) is 5.75 Å². The number of aliphatic hydroxyl groups is 1. The van der Waals surface area contributed by atoms with Crippen molar-refractivity contribution in [2.24, 2.45) is 0 Å². The van der Waals surface area contributed by atoms with Crippen LogP contribution in [-0.4, -0.2) is 23.9 Å². The van der Waals surface area contributed by atoms with Crippen LogP contribution >= 0.6 is 11.6 Å². The van der Waals surface area contributed by atoms with Gasteiger partial charge in [0.05, 0.1) is 24.3 Å². The molecule has 34 heavy (non-hydrogen) atoms. The van der Waals surface area contributed by atoms with Crippen LogP contribution in [-0.2, 0) is 9.59 Å². The highest BCUT2D eigenvalue weighted by Crippen LogP contribution is 2.45. The van der Waals surface area contributed by atoms with E-state index in [9.17, 15) is 14.7 Å². The Bertz CT molecular complexity index is 1470. The molecule has 4 aromatic carbocycles. The van der Waals surface area contributed by atoms with Crippen molar-refractivity contribution in [2.45, 2.75) is 6.04 Å². The molecule has 0 aromatic heterocycles. The highest BCUT2D eigenvalue weighted by molar-refractivity contribution is 6.52. The van der Waals surface area contributed by atoms with Crippen molar-refractivity contribution in [3.63, 3.8) is 0 Å². The number of rotatable bonds is 4. The molecule has 0 spiro atoms. The molecule has 1 fully saturated rings. The fourth-order valence-electron chi connectivity index (χ4n) is 4.49. The lowest BCUT2D eigenvalue weighted by atomic mass is 9.91. The molecule has 5 rings (SSSR count). The predicted molar refractivity (Wildman–Crippen MR) is 133 cm³/mol. The Hall–Kier alpha value is -4.09. The second-order valence-corrected chi connectivity index (χ2v) is 8.35. The van der Waals surface area contributed by atoms with Crippen LogP contribution in [0.5, 0.6) is 5.75 Å². The number of benzene rings is 4. The molecule has 0 bridgehead atoms. The minimum absolute atomic E-state index is 0.00849. The summed E-state index contributed by atoms with van der Waals surface area (Å²) >= 11 is 6.23. The molecule has 6 heteroatoms. The van der Waals surface area contributed by atoms with Crippen LogP contribution < -0.4 is 9.64 Å². The number of amides is 1. The topological polar surface area (TPSA) is 66.8 Å². The molecule has 4 aromatic rings. The molecule has 1 saturated heterocycles. The third kappa shape index (κ3) is 3.51. The average molecular weight is 470 g/mol. The van der Waals surface area contributed by atoms with Gasteiger partial charge in [0.2, 0.25) is 0 Å². The molecule has 0 aliphatic carbocycles. The van der Waals surface area contributed by atoms with E-state index in [2.05, 4.69) is 0 Å². The zero-order chi connectivity index (χ0) is 23.8. The van der Waals surface area contributed by atoms with Crippen LogP contribution in [0.4, 0.5) is 5.69 Å². The van der Waals surface area contributed by atoms with Gasteiger partial charge >= 0.3 is 0 Å². The van der Waals surface area contributed by atoms with E-state index in [0.717, 1.165) is 10.8 Å². The fourth-order valence-corrected chi connectivity index (χ4v) is 4.68. The first-order chi connectivity index (χ1) is 16.5. The smallest absolute Gasteiger partial charge is 0.300 e. The van der Waals surface area contributed by atoms with Crippen LogP contribution in [0.3, 0.4) is 0 Å². The van der Waals surface area contributed by atoms with Crippen LogP contribution in [0.25, 0.3) is 16.5 Å². The van der Waals surface area contributed by atoms with Crippen LogP contribution in [0.1, 0.15) is 17.2 Å². The molecule has 0 saturated carbocycles. The predicted octanol–water partition coefficient (Wildman–Crippen LogP) is 6.13. The van der Waals surface area contributed by atoms with Gasteiger partial charge in [-0.2, -0.15) is 0 Å². The number of fused-ring (bicyclic) bond motifs is 1. The number of anilines is 1. The van der Waals surface area contributed by atoms with Crippen LogP contribution in [0.2, 0.25) is 5.02 Å². The third-order valence-corrected chi connectivity index (χ3v) is 6.25. The molecular formula is C28H20ClNO4. The Morgan fingerprint density at radius 3 is 2.41 bits per heavy atom. The molecule has 1 atom stereocenters. The first-order valence-electron chi connectivity index (χ1n) is 10.7. The number of hydrogen-bond acceptors (Lipinski definition) is 4. The number of ketones is 1. The molecule has 1 aliphatic rings. The maximum Gasteiger partial charge on any atom is 0.300 e. The molecular weight excluding hydrogens is 450 g/mol. The molecule has 168 valence electrons. The van der Waals surface area contributed by atoms with Gasteiger partial charge in [-0.15, -0.1) is 0 Å². The lowest BCUT2D eigenvalue weighted by Gasteiger charge is -2.26. The van der Waals surface area contributed by atoms with Crippen molar-refractivity contribution in [1.29, 1.82) is 0 Å². The van der Waals surface area contributed by atoms with E-state index in [1.54, 1.807) is 48.5 Å². The zero-order valence-electron chi connectivity index (χ0n) is 18.2. The number of para-hydroxylation sites is 1. The highest BCUT2D eigenvalue weighted by Gasteiger charge is 2.47. The Kier molecular flexibility index (Phi) is 5.56. The maximum absolute atomic E-state index is 13.4. The van der Waals surface area contributed by atoms with E-state index in [1.165, 1.54) is 12.0 Å². The zero-order valence-corrected chi connectivity index (χ0v) is 19.0. The minimum Gasteiger partial charge on any atom is -0.507 e. The van der Waals surface area contributed by atoms with E-state index in [4.69, 9.17) is 16.3 Å². The first kappa shape index (κ1) is 21.7. The summed E-state index contributed by atoms with van der Waals surface area (Å²) in [6.07, 6.45) is 0. The van der Waals surface area contributed by atoms with Crippen LogP contribution in [0.15, 0.2) is 96.6 Å². The Morgan fingerprint density at radius 1 is 0.912 bits per heavy atom. The number of halogens is 1. The Balaban J connectivity index is 1.83. The molecule has 1 unspecified atom stereocenters. The van der Waals surface area contributed by atoms with Gasteiger partial charge in [-0.3, -0.25) is 14.5 Å². The van der Waals surface area contributed by atoms with Gasteiger partial charge in [0.1, 0.15) is 11.5 Å². The SMILES string of the molecule is COc1ccccc1/C(O)=C1\C(=O)C(=O)N(c2cccc(Cl)c2)C1c1cccc2ccccc12. The quantitative estimate of drug-likeness (QED) is 0.222. The van der Waals surface area contributed by atoms with Crippen molar-refractivity contribution < 1.29 is 19.4 Å². The normalized spacial score (nSPS) is 17.4. The van der Waals surface area contributed by atoms with Gasteiger partial charge in [0.25, 0.3) is 11.7 Å². The van der Waals surface area contributed by atoms with E-state index < -0.39 is 17.7 Å². The van der Waals surface area contributed by atoms with Crippen LogP contribution in [0, 0.1) is 0 Å². The lowest BCUT2D eigenvalue weighted by molar-refractivity contribution is -0.132. The van der Waals surface area contributed by atoms with E-state index in [-0.39, 0.29) is 11.3 Å². The van der Waals surface area contributed by atoms with Gasteiger partial charge in [0.15, 0.2) is 0 Å². The number of ether oxygens (including phenoxy) is 1. The summed E-state index contributed by atoms with van der Waals surface area (Å²) in [5, 5.41) is 13.7. The number of carbonyl (C=O) groups excluding carboxylic acids is 2. The fraction of sp³-hybridized carbons (Fsp3) is 0.0714. The molecule has 0 radical (unpaired) electrons. The van der Waals surface area contributed by atoms with E-state index >= 15 is 0 Å². The second-order valence-electron chi connectivity index (χ2n) is 7.92. The standard InChI is InChI=1S/C28H20ClNO4/c1-34-23-15-5-4-13-22(23)26(31)24-25(21-14-6-9-17-8-2-3-12-20(17)21)30(28(33)27(24)32)19-11-7-10-18(29)16-19/h2-16,25,31H,1H3/b26-24+. The van der Waals surface area contributed by atoms with Gasteiger partial charge in [-0.1, -0.05) is 72.3 Å². The van der Waals surface area contributed by atoms with Crippen molar-refractivity contribution in [2.75, 3.05) is 12.0 Å². The van der Waals surface area contributed by atoms with Crippen molar-refractivity contribution >= 4 is 45.5 Å². The summed E-state index contributed by atoms with van der Waals surface area (Å²) in [6, 6.07) is 26.2. The molecule has 1 aliphatic heterocycles. The van der Waals surface area contributed by atoms with Crippen molar-refractivity contribution in [3.05, 3.63) is 113 Å². The Morgan fingerprint density at radius 2 is 1.62 bits per heavy atom. The Labute approximate surface area is 201 Å². The summed E-state index contributed by atoms with van der Waals surface area (Å²) < 4.78 is 5.41. The number of aliphatic hydroxyl groups excluding tert-OH is 1. The van der Waals surface area contributed by atoms with Gasteiger partial charge in [0, 0.05) is 10.7 Å². The average Bonchev–Trinajstić information content (AvgIpc) is 3.13. The summed E-state index contributed by atoms with van der Waals surface area (Å²) in [7, 11) is 1.48. The molecule has 1 amide bonds. The third-order valence-electron chi connectivity index (χ3n) is 6.01. The lowest BCUT2D eigenvalue weighted by Crippen LogP contribution is -2.29. The molecule has 1 N–H and O–H groups in total. The second kappa shape index (κ2) is 8.69. The number of carbonyl (C=O) groups is 2. The maximum atomic E-state index is 13.4. The summed E-state index contributed by atoms with van der Waals surface area (Å²) in [5.41, 5.74) is 1.51. The van der Waals surface area contributed by atoms with Crippen molar-refractivity contribution in [1.82, 2.24) is 0 Å². The summed E-state index contributed by atoms with van der Waals surface area (Å²) in [6.45, 7) is 0. The van der Waals surface area contributed by atoms with Gasteiger partial charge < -0.3 is 9.84 Å². The van der Waals surface area contributed by atoms with Gasteiger partial charge in [-0.25, -0.2) is 0 Å². The van der Waals surface area contributed by atoms with E-state index in [1.807, 2.05) is 42.5 Å². The first-order valence-corrected chi connectivity index (χ1v) is 11.1. The molecule has 5 nitrogen and oxygen atoms in total. The largest absolute Gasteiger partial charge is 0.507 e. The number of methoxy groups -OCH3 is 1. The summed E-state index contributed by atoms with van der Waals surface area (Å²) in [4.78, 5) is 28.2. The number of hydrogen-bond donors (Lipinski definition) is 1. The monoisotopic (exact) mass is 469 g/mol. The minimum atomic E-state index is -0.866. The highest BCUT2D eigenvalue weighted by atomic mass is 35.5. The summed E-state index contributed by atoms with van der Waals surface area (Å²) in [5.74, 6) is -1.41.